The molecule has 11 nitrogen and oxygen atoms in total. The molecule has 12 heteroatoms. The number of aliphatic hydroxyl groups excluding tert-OH is 1. The monoisotopic (exact) mass is 603 g/mol. The Kier molecular flexibility index (Phi) is 10.6. The summed E-state index contributed by atoms with van der Waals surface area (Å²) < 4.78 is 44.2. The summed E-state index contributed by atoms with van der Waals surface area (Å²) in [5.41, 5.74) is 0.179. The lowest BCUT2D eigenvalue weighted by atomic mass is 9.85. The average Bonchev–Trinajstić information content (AvgIpc) is 3.00. The van der Waals surface area contributed by atoms with Gasteiger partial charge in [0.15, 0.2) is 6.29 Å². The van der Waals surface area contributed by atoms with Gasteiger partial charge in [-0.05, 0) is 49.4 Å². The summed E-state index contributed by atoms with van der Waals surface area (Å²) in [4.78, 5) is 25.8. The summed E-state index contributed by atoms with van der Waals surface area (Å²) in [5, 5.41) is 15.9. The summed E-state index contributed by atoms with van der Waals surface area (Å²) in [6, 6.07) is 15.6. The standard InChI is InChI=1S/C30H41N3O8S/c1-30(2)20-40-29(22-9-11-23(39-3)12-10-22)41-26(30)28(36)31-16-13-25(34)27(35)32-19-21-14-17-33(18-15-21)42(37,38)24-7-5-4-6-8-24/h4-12,21,25-26,29,34H,13-20H2,1-3H3,(H,31,36)(H,32,35)/t25?,26-,29?/m0/s1. The molecular formula is C30H41N3O8S. The topological polar surface area (TPSA) is 144 Å². The van der Waals surface area contributed by atoms with Gasteiger partial charge in [0.1, 0.15) is 18.0 Å². The second-order valence-electron chi connectivity index (χ2n) is 11.4. The van der Waals surface area contributed by atoms with E-state index in [1.807, 2.05) is 26.0 Å². The highest BCUT2D eigenvalue weighted by Crippen LogP contribution is 2.37. The fourth-order valence-electron chi connectivity index (χ4n) is 5.08. The number of sulfonamides is 1. The van der Waals surface area contributed by atoms with E-state index in [-0.39, 0.29) is 29.7 Å². The van der Waals surface area contributed by atoms with Gasteiger partial charge in [0, 0.05) is 37.2 Å². The minimum Gasteiger partial charge on any atom is -0.497 e. The van der Waals surface area contributed by atoms with E-state index in [9.17, 15) is 23.1 Å². The van der Waals surface area contributed by atoms with Crippen LogP contribution in [0.5, 0.6) is 5.75 Å². The van der Waals surface area contributed by atoms with E-state index in [0.29, 0.717) is 44.8 Å². The van der Waals surface area contributed by atoms with E-state index in [1.54, 1.807) is 49.6 Å². The number of rotatable bonds is 11. The molecule has 0 bridgehead atoms. The van der Waals surface area contributed by atoms with Crippen LogP contribution in [-0.4, -0.2) is 81.7 Å². The van der Waals surface area contributed by atoms with E-state index < -0.39 is 39.8 Å². The van der Waals surface area contributed by atoms with Crippen molar-refractivity contribution >= 4 is 21.8 Å². The minimum atomic E-state index is -3.53. The smallest absolute Gasteiger partial charge is 0.249 e. The molecule has 4 rings (SSSR count). The van der Waals surface area contributed by atoms with E-state index in [4.69, 9.17) is 14.2 Å². The Hall–Kier alpha value is -3.03. The quantitative estimate of drug-likeness (QED) is 0.355. The van der Waals surface area contributed by atoms with Gasteiger partial charge < -0.3 is 30.0 Å². The van der Waals surface area contributed by atoms with Crippen LogP contribution in [0.1, 0.15) is 45.0 Å². The van der Waals surface area contributed by atoms with E-state index >= 15 is 0 Å². The summed E-state index contributed by atoms with van der Waals surface area (Å²) in [7, 11) is -1.95. The number of amides is 2. The van der Waals surface area contributed by atoms with Crippen molar-refractivity contribution in [2.75, 3.05) is 39.9 Å². The molecule has 0 spiro atoms. The van der Waals surface area contributed by atoms with Gasteiger partial charge in [-0.25, -0.2) is 8.42 Å². The Morgan fingerprint density at radius 1 is 1.07 bits per heavy atom. The summed E-state index contributed by atoms with van der Waals surface area (Å²) >= 11 is 0. The molecule has 2 aromatic carbocycles. The number of hydrogen-bond donors (Lipinski definition) is 3. The molecule has 3 atom stereocenters. The van der Waals surface area contributed by atoms with Crippen molar-refractivity contribution in [3.63, 3.8) is 0 Å². The number of aliphatic hydroxyl groups is 1. The number of carbonyl (C=O) groups is 2. The first kappa shape index (κ1) is 31.9. The molecule has 0 aliphatic carbocycles. The van der Waals surface area contributed by atoms with E-state index in [2.05, 4.69) is 10.6 Å². The summed E-state index contributed by atoms with van der Waals surface area (Å²) in [6.07, 6.45) is -1.54. The van der Waals surface area contributed by atoms with Crippen LogP contribution in [-0.2, 0) is 29.1 Å². The molecule has 2 amide bonds. The van der Waals surface area contributed by atoms with Gasteiger partial charge >= 0.3 is 0 Å². The zero-order valence-electron chi connectivity index (χ0n) is 24.3. The number of nitrogens with one attached hydrogen (secondary N) is 2. The van der Waals surface area contributed by atoms with Gasteiger partial charge in [0.25, 0.3) is 0 Å². The van der Waals surface area contributed by atoms with Gasteiger partial charge in [0.2, 0.25) is 21.8 Å². The third-order valence-corrected chi connectivity index (χ3v) is 9.65. The van der Waals surface area contributed by atoms with Crippen molar-refractivity contribution < 1.29 is 37.3 Å². The highest BCUT2D eigenvalue weighted by molar-refractivity contribution is 7.89. The van der Waals surface area contributed by atoms with Crippen molar-refractivity contribution in [3.05, 3.63) is 60.2 Å². The van der Waals surface area contributed by atoms with Crippen LogP contribution in [0.15, 0.2) is 59.5 Å². The summed E-state index contributed by atoms with van der Waals surface area (Å²) in [6.45, 7) is 5.25. The lowest BCUT2D eigenvalue weighted by Gasteiger charge is -2.41. The number of ether oxygens (including phenoxy) is 3. The second-order valence-corrected chi connectivity index (χ2v) is 13.4. The van der Waals surface area contributed by atoms with Crippen LogP contribution in [0.2, 0.25) is 0 Å². The Balaban J connectivity index is 1.18. The fraction of sp³-hybridized carbons (Fsp3) is 0.533. The zero-order chi connectivity index (χ0) is 30.3. The molecule has 2 unspecified atom stereocenters. The molecule has 0 aromatic heterocycles. The number of benzene rings is 2. The highest BCUT2D eigenvalue weighted by atomic mass is 32.2. The molecule has 2 aliphatic heterocycles. The molecule has 230 valence electrons. The SMILES string of the molecule is COc1ccc(C2OCC(C)(C)[C@H](C(=O)NCCC(O)C(=O)NCC3CCN(S(=O)(=O)c4ccccc4)CC3)O2)cc1. The molecule has 42 heavy (non-hydrogen) atoms. The van der Waals surface area contributed by atoms with E-state index in [1.165, 1.54) is 4.31 Å². The third kappa shape index (κ3) is 7.87. The number of hydrogen-bond acceptors (Lipinski definition) is 8. The van der Waals surface area contributed by atoms with Crippen LogP contribution >= 0.6 is 0 Å². The maximum Gasteiger partial charge on any atom is 0.249 e. The Labute approximate surface area is 247 Å². The third-order valence-electron chi connectivity index (χ3n) is 7.74. The normalized spacial score (nSPS) is 22.2. The molecule has 3 N–H and O–H groups in total. The molecule has 2 fully saturated rings. The van der Waals surface area contributed by atoms with Gasteiger partial charge in [-0.3, -0.25) is 9.59 Å². The largest absolute Gasteiger partial charge is 0.497 e. The van der Waals surface area contributed by atoms with Crippen molar-refractivity contribution in [2.24, 2.45) is 11.3 Å². The highest BCUT2D eigenvalue weighted by Gasteiger charge is 2.43. The second kappa shape index (κ2) is 14.0. The number of carbonyl (C=O) groups excluding carboxylic acids is 2. The van der Waals surface area contributed by atoms with Gasteiger partial charge in [-0.1, -0.05) is 44.2 Å². The van der Waals surface area contributed by atoms with Crippen LogP contribution in [0.3, 0.4) is 0 Å². The van der Waals surface area contributed by atoms with Crippen LogP contribution < -0.4 is 15.4 Å². The molecule has 2 heterocycles. The number of methoxy groups -OCH3 is 1. The first-order valence-electron chi connectivity index (χ1n) is 14.2. The molecule has 2 aromatic rings. The van der Waals surface area contributed by atoms with Crippen molar-refractivity contribution in [1.29, 1.82) is 0 Å². The van der Waals surface area contributed by atoms with Gasteiger partial charge in [-0.2, -0.15) is 4.31 Å². The molecular weight excluding hydrogens is 562 g/mol. The number of piperidine rings is 1. The van der Waals surface area contributed by atoms with E-state index in [0.717, 1.165) is 5.56 Å². The Morgan fingerprint density at radius 2 is 1.74 bits per heavy atom. The molecule has 0 saturated carbocycles. The predicted octanol–water partition coefficient (Wildman–Crippen LogP) is 2.22. The van der Waals surface area contributed by atoms with Crippen molar-refractivity contribution in [1.82, 2.24) is 14.9 Å². The first-order chi connectivity index (χ1) is 20.0. The van der Waals surface area contributed by atoms with Crippen molar-refractivity contribution in [2.45, 2.75) is 56.5 Å². The molecule has 2 saturated heterocycles. The minimum absolute atomic E-state index is 0.0386. The first-order valence-corrected chi connectivity index (χ1v) is 15.6. The summed E-state index contributed by atoms with van der Waals surface area (Å²) in [5.74, 6) is -0.0569. The zero-order valence-corrected chi connectivity index (χ0v) is 25.1. The fourth-order valence-corrected chi connectivity index (χ4v) is 6.57. The van der Waals surface area contributed by atoms with Crippen LogP contribution in [0.4, 0.5) is 0 Å². The predicted molar refractivity (Wildman–Crippen MR) is 155 cm³/mol. The lowest BCUT2D eigenvalue weighted by Crippen LogP contribution is -2.52. The van der Waals surface area contributed by atoms with Crippen LogP contribution in [0.25, 0.3) is 0 Å². The van der Waals surface area contributed by atoms with Crippen LogP contribution in [0, 0.1) is 11.3 Å². The lowest BCUT2D eigenvalue weighted by molar-refractivity contribution is -0.258. The molecule has 0 radical (unpaired) electrons. The number of nitrogens with zero attached hydrogens (tertiary/aromatic N) is 1. The Morgan fingerprint density at radius 3 is 2.38 bits per heavy atom. The maximum absolute atomic E-state index is 13.0. The Bertz CT molecular complexity index is 1300. The van der Waals surface area contributed by atoms with Gasteiger partial charge in [-0.15, -0.1) is 0 Å². The van der Waals surface area contributed by atoms with Crippen molar-refractivity contribution in [3.8, 4) is 5.75 Å². The average molecular weight is 604 g/mol. The molecule has 2 aliphatic rings. The van der Waals surface area contributed by atoms with Gasteiger partial charge in [0.05, 0.1) is 18.6 Å². The maximum atomic E-state index is 13.0.